The number of nitrogens with one attached hydrogen (secondary N) is 1. The van der Waals surface area contributed by atoms with E-state index in [9.17, 15) is 18.0 Å². The van der Waals surface area contributed by atoms with Crippen molar-refractivity contribution in [1.29, 1.82) is 0 Å². The second kappa shape index (κ2) is 8.02. The van der Waals surface area contributed by atoms with Crippen LogP contribution < -0.4 is 9.62 Å². The van der Waals surface area contributed by atoms with E-state index >= 15 is 0 Å². The molecule has 0 bridgehead atoms. The first-order valence-corrected chi connectivity index (χ1v) is 11.1. The summed E-state index contributed by atoms with van der Waals surface area (Å²) in [7, 11) is -3.72. The lowest BCUT2D eigenvalue weighted by Crippen LogP contribution is -2.31. The molecule has 0 spiro atoms. The summed E-state index contributed by atoms with van der Waals surface area (Å²) in [5.74, 6) is -1.71. The molecule has 1 atom stereocenters. The largest absolute Gasteiger partial charge is 0.352 e. The van der Waals surface area contributed by atoms with E-state index in [4.69, 9.17) is 11.6 Å². The van der Waals surface area contributed by atoms with Crippen LogP contribution in [0.1, 0.15) is 49.4 Å². The number of anilines is 1. The fourth-order valence-electron chi connectivity index (χ4n) is 3.46. The molecular formula is C19H23ClN2O4S. The Bertz CT molecular complexity index is 895. The third-order valence-corrected chi connectivity index (χ3v) is 7.10. The van der Waals surface area contributed by atoms with Gasteiger partial charge in [0.05, 0.1) is 27.9 Å². The Morgan fingerprint density at radius 1 is 1.33 bits per heavy atom. The quantitative estimate of drug-likeness (QED) is 0.755. The molecule has 1 N–H and O–H groups in total. The van der Waals surface area contributed by atoms with Gasteiger partial charge in [0.1, 0.15) is 0 Å². The molecule has 1 fully saturated rings. The molecule has 1 aromatic rings. The first kappa shape index (κ1) is 19.9. The van der Waals surface area contributed by atoms with E-state index in [1.807, 2.05) is 0 Å². The van der Waals surface area contributed by atoms with Gasteiger partial charge in [-0.2, -0.15) is 0 Å². The maximum Gasteiger partial charge on any atom is 0.252 e. The van der Waals surface area contributed by atoms with Gasteiger partial charge in [-0.25, -0.2) is 12.7 Å². The second-order valence-electron chi connectivity index (χ2n) is 7.06. The molecule has 8 heteroatoms. The van der Waals surface area contributed by atoms with Crippen molar-refractivity contribution in [2.75, 3.05) is 16.6 Å². The number of benzene rings is 1. The molecule has 27 heavy (non-hydrogen) atoms. The van der Waals surface area contributed by atoms with Crippen LogP contribution in [0.4, 0.5) is 5.69 Å². The van der Waals surface area contributed by atoms with Gasteiger partial charge in [-0.3, -0.25) is 9.59 Å². The van der Waals surface area contributed by atoms with Gasteiger partial charge in [0.25, 0.3) is 5.91 Å². The van der Waals surface area contributed by atoms with Crippen molar-refractivity contribution in [2.24, 2.45) is 5.92 Å². The van der Waals surface area contributed by atoms with Crippen LogP contribution in [-0.4, -0.2) is 32.5 Å². The average Bonchev–Trinajstić information content (AvgIpc) is 2.83. The first-order chi connectivity index (χ1) is 12.8. The normalized spacial score (nSPS) is 21.9. The van der Waals surface area contributed by atoms with Crippen LogP contribution >= 0.6 is 11.6 Å². The summed E-state index contributed by atoms with van der Waals surface area (Å²) in [4.78, 5) is 24.8. The SMILES string of the molecule is CC1CS(=O)(=O)N(c2ccc(Cl)c(C(=O)NCCC3=CCCCC3)c2)C1=O. The van der Waals surface area contributed by atoms with E-state index in [0.717, 1.165) is 23.6 Å². The Labute approximate surface area is 164 Å². The Balaban J connectivity index is 1.74. The van der Waals surface area contributed by atoms with E-state index in [1.54, 1.807) is 6.92 Å². The molecule has 2 aliphatic rings. The van der Waals surface area contributed by atoms with Gasteiger partial charge >= 0.3 is 0 Å². The molecule has 0 aromatic heterocycles. The minimum atomic E-state index is -3.72. The molecule has 1 heterocycles. The summed E-state index contributed by atoms with van der Waals surface area (Å²) >= 11 is 6.14. The zero-order valence-electron chi connectivity index (χ0n) is 15.2. The van der Waals surface area contributed by atoms with Gasteiger partial charge in [-0.05, 0) is 50.3 Å². The van der Waals surface area contributed by atoms with Crippen LogP contribution in [0.2, 0.25) is 5.02 Å². The van der Waals surface area contributed by atoms with Crippen LogP contribution in [0.5, 0.6) is 0 Å². The van der Waals surface area contributed by atoms with Crippen LogP contribution in [-0.2, 0) is 14.8 Å². The molecular weight excluding hydrogens is 388 g/mol. The van der Waals surface area contributed by atoms with Crippen molar-refractivity contribution < 1.29 is 18.0 Å². The number of sulfonamides is 1. The number of allylic oxidation sites excluding steroid dienone is 1. The highest BCUT2D eigenvalue weighted by molar-refractivity contribution is 7.94. The van der Waals surface area contributed by atoms with Crippen LogP contribution in [0.3, 0.4) is 0 Å². The highest BCUT2D eigenvalue weighted by Crippen LogP contribution is 2.31. The number of hydrogen-bond donors (Lipinski definition) is 1. The minimum Gasteiger partial charge on any atom is -0.352 e. The lowest BCUT2D eigenvalue weighted by molar-refractivity contribution is -0.119. The highest BCUT2D eigenvalue weighted by atomic mass is 35.5. The molecule has 1 aliphatic heterocycles. The molecule has 1 unspecified atom stereocenters. The van der Waals surface area contributed by atoms with E-state index in [-0.39, 0.29) is 27.9 Å². The van der Waals surface area contributed by atoms with Crippen molar-refractivity contribution in [1.82, 2.24) is 5.32 Å². The monoisotopic (exact) mass is 410 g/mol. The van der Waals surface area contributed by atoms with Gasteiger partial charge < -0.3 is 5.32 Å². The van der Waals surface area contributed by atoms with Gasteiger partial charge in [-0.15, -0.1) is 0 Å². The van der Waals surface area contributed by atoms with E-state index in [0.29, 0.717) is 6.54 Å². The summed E-state index contributed by atoms with van der Waals surface area (Å²) < 4.78 is 25.3. The van der Waals surface area contributed by atoms with Crippen molar-refractivity contribution in [3.8, 4) is 0 Å². The molecule has 1 aliphatic carbocycles. The number of carbonyl (C=O) groups excluding carboxylic acids is 2. The van der Waals surface area contributed by atoms with E-state index in [1.165, 1.54) is 36.6 Å². The Morgan fingerprint density at radius 2 is 2.11 bits per heavy atom. The molecule has 0 radical (unpaired) electrons. The second-order valence-corrected chi connectivity index (χ2v) is 9.33. The predicted octanol–water partition coefficient (Wildman–Crippen LogP) is 3.27. The zero-order chi connectivity index (χ0) is 19.6. The smallest absolute Gasteiger partial charge is 0.252 e. The number of amides is 2. The van der Waals surface area contributed by atoms with Crippen molar-refractivity contribution in [3.05, 3.63) is 40.4 Å². The van der Waals surface area contributed by atoms with Gasteiger partial charge in [0.15, 0.2) is 0 Å². The van der Waals surface area contributed by atoms with E-state index in [2.05, 4.69) is 11.4 Å². The fourth-order valence-corrected chi connectivity index (χ4v) is 5.48. The number of hydrogen-bond acceptors (Lipinski definition) is 4. The van der Waals surface area contributed by atoms with E-state index < -0.39 is 21.8 Å². The summed E-state index contributed by atoms with van der Waals surface area (Å²) in [6.45, 7) is 2.06. The molecule has 1 aromatic carbocycles. The molecule has 2 amide bonds. The standard InChI is InChI=1S/C19H23ClN2O4S/c1-13-12-27(25,26)22(19(13)24)15-7-8-17(20)16(11-15)18(23)21-10-9-14-5-3-2-4-6-14/h5,7-8,11,13H,2-4,6,9-10,12H2,1H3,(H,21,23). The van der Waals surface area contributed by atoms with Gasteiger partial charge in [0, 0.05) is 6.54 Å². The summed E-state index contributed by atoms with van der Waals surface area (Å²) in [5.41, 5.74) is 1.66. The zero-order valence-corrected chi connectivity index (χ0v) is 16.8. The van der Waals surface area contributed by atoms with Gasteiger partial charge in [-0.1, -0.05) is 30.2 Å². The van der Waals surface area contributed by atoms with Crippen LogP contribution in [0.25, 0.3) is 0 Å². The van der Waals surface area contributed by atoms with Crippen molar-refractivity contribution >= 4 is 39.1 Å². The fraction of sp³-hybridized carbons (Fsp3) is 0.474. The lowest BCUT2D eigenvalue weighted by atomic mass is 9.97. The van der Waals surface area contributed by atoms with Crippen molar-refractivity contribution in [2.45, 2.75) is 39.0 Å². The molecule has 146 valence electrons. The Morgan fingerprint density at radius 3 is 2.74 bits per heavy atom. The number of rotatable bonds is 5. The van der Waals surface area contributed by atoms with Gasteiger partial charge in [0.2, 0.25) is 15.9 Å². The minimum absolute atomic E-state index is 0.147. The number of nitrogens with zero attached hydrogens (tertiary/aromatic N) is 1. The molecule has 0 saturated carbocycles. The third-order valence-electron chi connectivity index (χ3n) is 4.91. The maximum atomic E-state index is 12.5. The molecule has 3 rings (SSSR count). The molecule has 6 nitrogen and oxygen atoms in total. The maximum absolute atomic E-state index is 12.5. The van der Waals surface area contributed by atoms with Crippen molar-refractivity contribution in [3.63, 3.8) is 0 Å². The predicted molar refractivity (Wildman–Crippen MR) is 105 cm³/mol. The topological polar surface area (TPSA) is 83.6 Å². The lowest BCUT2D eigenvalue weighted by Gasteiger charge is -2.17. The first-order valence-electron chi connectivity index (χ1n) is 9.12. The Kier molecular flexibility index (Phi) is 5.91. The summed E-state index contributed by atoms with van der Waals surface area (Å²) in [6.07, 6.45) is 7.58. The average molecular weight is 411 g/mol. The third kappa shape index (κ3) is 4.35. The Hall–Kier alpha value is -1.86. The summed E-state index contributed by atoms with van der Waals surface area (Å²) in [5, 5.41) is 3.04. The van der Waals surface area contributed by atoms with Crippen LogP contribution in [0, 0.1) is 5.92 Å². The number of carbonyl (C=O) groups is 2. The highest BCUT2D eigenvalue weighted by Gasteiger charge is 2.42. The summed E-state index contributed by atoms with van der Waals surface area (Å²) in [6, 6.07) is 4.26. The molecule has 1 saturated heterocycles. The number of halogens is 1. The van der Waals surface area contributed by atoms with Crippen LogP contribution in [0.15, 0.2) is 29.8 Å².